The summed E-state index contributed by atoms with van der Waals surface area (Å²) in [7, 11) is 0. The van der Waals surface area contributed by atoms with Crippen molar-refractivity contribution in [1.82, 2.24) is 0 Å². The molecule has 2 aromatic carbocycles. The van der Waals surface area contributed by atoms with E-state index in [4.69, 9.17) is 4.84 Å². The summed E-state index contributed by atoms with van der Waals surface area (Å²) in [5.74, 6) is -0.0200. The molecular formula is C21H16N2O3. The number of nitro benzene ring substituents is 1. The highest BCUT2D eigenvalue weighted by atomic mass is 16.6. The Kier molecular flexibility index (Phi) is 4.19. The van der Waals surface area contributed by atoms with Crippen molar-refractivity contribution in [1.29, 1.82) is 0 Å². The topological polar surface area (TPSA) is 64.7 Å². The van der Waals surface area contributed by atoms with Gasteiger partial charge in [-0.25, -0.2) is 0 Å². The summed E-state index contributed by atoms with van der Waals surface area (Å²) in [5, 5.41) is 15.2. The molecule has 0 saturated heterocycles. The quantitative estimate of drug-likeness (QED) is 0.605. The first-order valence-corrected chi connectivity index (χ1v) is 8.32. The lowest BCUT2D eigenvalue weighted by Gasteiger charge is -2.10. The molecule has 1 aliphatic heterocycles. The number of rotatable bonds is 4. The molecule has 5 nitrogen and oxygen atoms in total. The van der Waals surface area contributed by atoms with Gasteiger partial charge < -0.3 is 4.84 Å². The molecule has 2 aromatic rings. The van der Waals surface area contributed by atoms with Gasteiger partial charge in [0.2, 0.25) is 0 Å². The van der Waals surface area contributed by atoms with Crippen LogP contribution in [0.15, 0.2) is 89.6 Å². The van der Waals surface area contributed by atoms with Crippen molar-refractivity contribution in [2.45, 2.75) is 6.10 Å². The molecule has 0 aromatic heterocycles. The van der Waals surface area contributed by atoms with Gasteiger partial charge in [-0.3, -0.25) is 10.1 Å². The minimum absolute atomic E-state index is 0.0200. The molecule has 0 fully saturated rings. The summed E-state index contributed by atoms with van der Waals surface area (Å²) >= 11 is 0. The zero-order chi connectivity index (χ0) is 17.9. The van der Waals surface area contributed by atoms with Crippen LogP contribution >= 0.6 is 0 Å². The molecule has 2 aliphatic rings. The van der Waals surface area contributed by atoms with E-state index in [0.717, 1.165) is 22.4 Å². The van der Waals surface area contributed by atoms with E-state index in [-0.39, 0.29) is 17.7 Å². The van der Waals surface area contributed by atoms with Crippen LogP contribution in [0.4, 0.5) is 5.69 Å². The maximum Gasteiger partial charge on any atom is 0.270 e. The van der Waals surface area contributed by atoms with Crippen LogP contribution < -0.4 is 0 Å². The average molecular weight is 344 g/mol. The molecule has 5 heteroatoms. The number of hydrogen-bond acceptors (Lipinski definition) is 4. The second-order valence-electron chi connectivity index (χ2n) is 6.13. The fourth-order valence-corrected chi connectivity index (χ4v) is 3.16. The summed E-state index contributed by atoms with van der Waals surface area (Å²) in [4.78, 5) is 16.2. The van der Waals surface area contributed by atoms with Crippen LogP contribution in [0.5, 0.6) is 0 Å². The van der Waals surface area contributed by atoms with Crippen LogP contribution in [-0.4, -0.2) is 16.7 Å². The highest BCUT2D eigenvalue weighted by Gasteiger charge is 2.38. The second kappa shape index (κ2) is 6.80. The SMILES string of the molecule is O=[N+]([O-])c1cccc(C2=NO[C@H]3/C(=C\C=C\c4ccccc4)C=C[C@@H]23)c1. The maximum absolute atomic E-state index is 11.0. The molecule has 2 atom stereocenters. The molecule has 0 spiro atoms. The van der Waals surface area contributed by atoms with Crippen LogP contribution in [0.1, 0.15) is 11.1 Å². The first-order valence-electron chi connectivity index (χ1n) is 8.32. The van der Waals surface area contributed by atoms with Crippen LogP contribution in [0, 0.1) is 16.0 Å². The van der Waals surface area contributed by atoms with Crippen molar-refractivity contribution in [2.24, 2.45) is 11.1 Å². The molecule has 26 heavy (non-hydrogen) atoms. The normalized spacial score (nSPS) is 22.5. The number of benzene rings is 2. The van der Waals surface area contributed by atoms with E-state index in [0.29, 0.717) is 0 Å². The summed E-state index contributed by atoms with van der Waals surface area (Å²) in [6.45, 7) is 0. The number of allylic oxidation sites excluding steroid dienone is 2. The van der Waals surface area contributed by atoms with Crippen LogP contribution in [0.2, 0.25) is 0 Å². The monoisotopic (exact) mass is 344 g/mol. The van der Waals surface area contributed by atoms with Crippen LogP contribution in [0.3, 0.4) is 0 Å². The summed E-state index contributed by atoms with van der Waals surface area (Å²) < 4.78 is 0. The number of fused-ring (bicyclic) bond motifs is 1. The fraction of sp³-hybridized carbons (Fsp3) is 0.0952. The van der Waals surface area contributed by atoms with Gasteiger partial charge >= 0.3 is 0 Å². The van der Waals surface area contributed by atoms with Gasteiger partial charge in [0.05, 0.1) is 16.6 Å². The van der Waals surface area contributed by atoms with Crippen molar-refractivity contribution in [2.75, 3.05) is 0 Å². The molecule has 0 bridgehead atoms. The van der Waals surface area contributed by atoms with E-state index in [1.807, 2.05) is 66.8 Å². The minimum atomic E-state index is -0.401. The van der Waals surface area contributed by atoms with Crippen LogP contribution in [-0.2, 0) is 4.84 Å². The van der Waals surface area contributed by atoms with E-state index >= 15 is 0 Å². The number of nitro groups is 1. The van der Waals surface area contributed by atoms with Gasteiger partial charge in [-0.15, -0.1) is 0 Å². The van der Waals surface area contributed by atoms with Gasteiger partial charge in [0, 0.05) is 17.7 Å². The molecule has 1 aliphatic carbocycles. The highest BCUT2D eigenvalue weighted by molar-refractivity contribution is 6.05. The van der Waals surface area contributed by atoms with Gasteiger partial charge in [0.1, 0.15) is 0 Å². The molecule has 0 saturated carbocycles. The minimum Gasteiger partial charge on any atom is -0.386 e. The Balaban J connectivity index is 1.52. The first-order chi connectivity index (χ1) is 12.7. The number of oxime groups is 1. The van der Waals surface area contributed by atoms with E-state index in [9.17, 15) is 10.1 Å². The molecule has 128 valence electrons. The number of hydrogen-bond donors (Lipinski definition) is 0. The molecule has 0 radical (unpaired) electrons. The average Bonchev–Trinajstić information content (AvgIpc) is 3.25. The number of non-ortho nitro benzene ring substituents is 1. The zero-order valence-corrected chi connectivity index (χ0v) is 13.9. The lowest BCUT2D eigenvalue weighted by Crippen LogP contribution is -2.19. The predicted octanol–water partition coefficient (Wildman–Crippen LogP) is 4.52. The van der Waals surface area contributed by atoms with Crippen molar-refractivity contribution in [3.8, 4) is 0 Å². The lowest BCUT2D eigenvalue weighted by atomic mass is 9.93. The lowest BCUT2D eigenvalue weighted by molar-refractivity contribution is -0.384. The second-order valence-corrected chi connectivity index (χ2v) is 6.13. The smallest absolute Gasteiger partial charge is 0.270 e. The summed E-state index contributed by atoms with van der Waals surface area (Å²) in [6, 6.07) is 16.6. The molecule has 0 N–H and O–H groups in total. The Bertz CT molecular complexity index is 958. The molecule has 1 heterocycles. The molecule has 0 unspecified atom stereocenters. The van der Waals surface area contributed by atoms with E-state index in [1.54, 1.807) is 6.07 Å². The molecule has 0 amide bonds. The van der Waals surface area contributed by atoms with Crippen molar-refractivity contribution in [3.63, 3.8) is 0 Å². The third-order valence-corrected chi connectivity index (χ3v) is 4.46. The zero-order valence-electron chi connectivity index (χ0n) is 13.9. The summed E-state index contributed by atoms with van der Waals surface area (Å²) in [6.07, 6.45) is 9.93. The van der Waals surface area contributed by atoms with E-state index in [2.05, 4.69) is 5.16 Å². The Morgan fingerprint density at radius 2 is 1.96 bits per heavy atom. The third kappa shape index (κ3) is 3.07. The van der Waals surface area contributed by atoms with Crippen molar-refractivity contribution in [3.05, 3.63) is 106 Å². The largest absolute Gasteiger partial charge is 0.386 e. The molecular weight excluding hydrogens is 328 g/mol. The van der Waals surface area contributed by atoms with Crippen molar-refractivity contribution < 1.29 is 9.76 Å². The Morgan fingerprint density at radius 1 is 1.12 bits per heavy atom. The van der Waals surface area contributed by atoms with E-state index < -0.39 is 4.92 Å². The van der Waals surface area contributed by atoms with Crippen LogP contribution in [0.25, 0.3) is 6.08 Å². The predicted molar refractivity (Wildman–Crippen MR) is 101 cm³/mol. The fourth-order valence-electron chi connectivity index (χ4n) is 3.16. The summed E-state index contributed by atoms with van der Waals surface area (Å²) in [5.41, 5.74) is 3.66. The number of nitrogens with zero attached hydrogens (tertiary/aromatic N) is 2. The molecule has 4 rings (SSSR count). The van der Waals surface area contributed by atoms with Gasteiger partial charge in [-0.05, 0) is 11.1 Å². The Labute approximate surface area is 150 Å². The third-order valence-electron chi connectivity index (χ3n) is 4.46. The standard InChI is InChI=1S/C21H16N2O3/c24-23(25)18-11-5-10-17(14-18)20-19-13-12-16(21(19)26-22-20)9-4-8-15-6-2-1-3-7-15/h1-14,19,21H/b8-4+,16-9-/t19-,21-/m0/s1. The van der Waals surface area contributed by atoms with Gasteiger partial charge in [-0.1, -0.05) is 78.0 Å². The van der Waals surface area contributed by atoms with Gasteiger partial charge in [0.25, 0.3) is 5.69 Å². The van der Waals surface area contributed by atoms with Gasteiger partial charge in [0.15, 0.2) is 6.10 Å². The first kappa shape index (κ1) is 16.0. The highest BCUT2D eigenvalue weighted by Crippen LogP contribution is 2.35. The maximum atomic E-state index is 11.0. The Hall–Kier alpha value is -3.47. The Morgan fingerprint density at radius 3 is 2.77 bits per heavy atom. The van der Waals surface area contributed by atoms with Gasteiger partial charge in [-0.2, -0.15) is 0 Å². The van der Waals surface area contributed by atoms with Crippen molar-refractivity contribution >= 4 is 17.5 Å². The van der Waals surface area contributed by atoms with E-state index in [1.165, 1.54) is 12.1 Å².